The van der Waals surface area contributed by atoms with Gasteiger partial charge in [-0.05, 0) is 54.1 Å². The van der Waals surface area contributed by atoms with Crippen LogP contribution in [0.4, 0.5) is 0 Å². The Bertz CT molecular complexity index is 726. The molecule has 27 heavy (non-hydrogen) atoms. The maximum atomic E-state index is 13.8. The van der Waals surface area contributed by atoms with Crippen LogP contribution in [-0.2, 0) is 0 Å². The molecule has 2 aliphatic carbocycles. The fourth-order valence-electron chi connectivity index (χ4n) is 5.96. The second-order valence-electron chi connectivity index (χ2n) is 9.49. The molecule has 1 aromatic carbocycles. The first-order chi connectivity index (χ1) is 12.6. The van der Waals surface area contributed by atoms with Gasteiger partial charge in [0.05, 0.1) is 14.2 Å². The van der Waals surface area contributed by atoms with Crippen LogP contribution < -0.4 is 9.47 Å². The van der Waals surface area contributed by atoms with E-state index in [1.54, 1.807) is 14.2 Å². The summed E-state index contributed by atoms with van der Waals surface area (Å²) in [5.74, 6) is 2.14. The number of rotatable bonds is 4. The number of methoxy groups -OCH3 is 2. The monoisotopic (exact) mass is 370 g/mol. The quantitative estimate of drug-likeness (QED) is 0.486. The van der Waals surface area contributed by atoms with Crippen molar-refractivity contribution >= 4 is 5.78 Å². The van der Waals surface area contributed by atoms with Gasteiger partial charge in [0.1, 0.15) is 11.5 Å². The normalized spacial score (nSPS) is 32.5. The molecule has 2 fully saturated rings. The van der Waals surface area contributed by atoms with Gasteiger partial charge in [-0.1, -0.05) is 46.3 Å². The highest BCUT2D eigenvalue weighted by atomic mass is 16.5. The van der Waals surface area contributed by atoms with Crippen LogP contribution in [0.2, 0.25) is 0 Å². The van der Waals surface area contributed by atoms with Gasteiger partial charge >= 0.3 is 0 Å². The van der Waals surface area contributed by atoms with Crippen LogP contribution in [0.5, 0.6) is 11.5 Å². The van der Waals surface area contributed by atoms with Crippen LogP contribution in [0.3, 0.4) is 0 Å². The van der Waals surface area contributed by atoms with Gasteiger partial charge < -0.3 is 9.47 Å². The molecule has 148 valence electrons. The van der Waals surface area contributed by atoms with Crippen molar-refractivity contribution in [1.29, 1.82) is 0 Å². The Kier molecular flexibility index (Phi) is 5.18. The van der Waals surface area contributed by atoms with E-state index in [9.17, 15) is 4.79 Å². The highest BCUT2D eigenvalue weighted by Crippen LogP contribution is 2.62. The van der Waals surface area contributed by atoms with E-state index in [1.807, 2.05) is 18.2 Å². The predicted octanol–water partition coefficient (Wildman–Crippen LogP) is 5.93. The third kappa shape index (κ3) is 3.30. The molecule has 3 rings (SSSR count). The van der Waals surface area contributed by atoms with E-state index in [-0.39, 0.29) is 28.4 Å². The summed E-state index contributed by atoms with van der Waals surface area (Å²) in [6.45, 7) is 13.6. The molecule has 2 saturated carbocycles. The standard InChI is InChI=1S/C24H34O3/c1-15-11-20-23(3,4)9-8-10-24(20,5)21(16(15)2)22(25)17-12-18(26-6)14-19(13-17)27-7/h12-14,16,20-21H,1,8-11H2,2-7H3/t16-,20?,21-,24+/m1/s1. The van der Waals surface area contributed by atoms with Gasteiger partial charge in [-0.3, -0.25) is 4.79 Å². The summed E-state index contributed by atoms with van der Waals surface area (Å²) in [6, 6.07) is 5.51. The Morgan fingerprint density at radius 3 is 2.22 bits per heavy atom. The van der Waals surface area contributed by atoms with Crippen LogP contribution in [0, 0.1) is 28.6 Å². The summed E-state index contributed by atoms with van der Waals surface area (Å²) in [5, 5.41) is 0. The van der Waals surface area contributed by atoms with Gasteiger partial charge in [0.25, 0.3) is 0 Å². The minimum Gasteiger partial charge on any atom is -0.497 e. The molecule has 0 radical (unpaired) electrons. The first-order valence-corrected chi connectivity index (χ1v) is 10.1. The molecule has 0 aliphatic heterocycles. The Labute approximate surface area is 164 Å². The Morgan fingerprint density at radius 1 is 1.07 bits per heavy atom. The fourth-order valence-corrected chi connectivity index (χ4v) is 5.96. The zero-order chi connectivity index (χ0) is 20.0. The number of carbonyl (C=O) groups is 1. The van der Waals surface area contributed by atoms with Crippen molar-refractivity contribution in [2.24, 2.45) is 28.6 Å². The first kappa shape index (κ1) is 20.0. The van der Waals surface area contributed by atoms with Gasteiger partial charge in [0.2, 0.25) is 0 Å². The zero-order valence-corrected chi connectivity index (χ0v) is 17.7. The van der Waals surface area contributed by atoms with E-state index >= 15 is 0 Å². The number of benzene rings is 1. The molecule has 3 nitrogen and oxygen atoms in total. The number of ketones is 1. The third-order valence-corrected chi connectivity index (χ3v) is 7.52. The smallest absolute Gasteiger partial charge is 0.167 e. The van der Waals surface area contributed by atoms with Crippen LogP contribution >= 0.6 is 0 Å². The van der Waals surface area contributed by atoms with Gasteiger partial charge in [-0.15, -0.1) is 0 Å². The van der Waals surface area contributed by atoms with E-state index in [0.29, 0.717) is 23.0 Å². The topological polar surface area (TPSA) is 35.5 Å². The molecular weight excluding hydrogens is 336 g/mol. The van der Waals surface area contributed by atoms with Crippen molar-refractivity contribution in [1.82, 2.24) is 0 Å². The van der Waals surface area contributed by atoms with Crippen LogP contribution in [-0.4, -0.2) is 20.0 Å². The number of hydrogen-bond donors (Lipinski definition) is 0. The second-order valence-corrected chi connectivity index (χ2v) is 9.49. The molecule has 2 aliphatic rings. The SMILES string of the molecule is C=C1CC2C(C)(C)CCC[C@]2(C)[C@@H](C(=O)c2cc(OC)cc(OC)c2)[C@@H]1C. The van der Waals surface area contributed by atoms with Gasteiger partial charge in [0.15, 0.2) is 5.78 Å². The minimum atomic E-state index is -0.0554. The summed E-state index contributed by atoms with van der Waals surface area (Å²) in [7, 11) is 3.24. The van der Waals surface area contributed by atoms with Gasteiger partial charge in [-0.2, -0.15) is 0 Å². The number of fused-ring (bicyclic) bond motifs is 1. The van der Waals surface area contributed by atoms with Crippen molar-refractivity contribution in [3.05, 3.63) is 35.9 Å². The van der Waals surface area contributed by atoms with E-state index in [0.717, 1.165) is 12.8 Å². The van der Waals surface area contributed by atoms with E-state index in [4.69, 9.17) is 9.47 Å². The Morgan fingerprint density at radius 2 is 1.67 bits per heavy atom. The number of ether oxygens (including phenoxy) is 2. The Balaban J connectivity index is 2.07. The van der Waals surface area contributed by atoms with E-state index in [1.165, 1.54) is 18.4 Å². The molecule has 0 spiro atoms. The summed E-state index contributed by atoms with van der Waals surface area (Å²) in [4.78, 5) is 13.8. The number of allylic oxidation sites excluding steroid dienone is 1. The number of hydrogen-bond acceptors (Lipinski definition) is 3. The molecule has 3 heteroatoms. The third-order valence-electron chi connectivity index (χ3n) is 7.52. The predicted molar refractivity (Wildman–Crippen MR) is 110 cm³/mol. The highest BCUT2D eigenvalue weighted by Gasteiger charge is 2.56. The molecule has 1 unspecified atom stereocenters. The largest absolute Gasteiger partial charge is 0.497 e. The van der Waals surface area contributed by atoms with Crippen molar-refractivity contribution in [3.8, 4) is 11.5 Å². The lowest BCUT2D eigenvalue weighted by atomic mass is 9.45. The van der Waals surface area contributed by atoms with E-state index in [2.05, 4.69) is 34.3 Å². The average Bonchev–Trinajstić information content (AvgIpc) is 2.63. The van der Waals surface area contributed by atoms with Crippen LogP contribution in [0.25, 0.3) is 0 Å². The van der Waals surface area contributed by atoms with E-state index < -0.39 is 0 Å². The van der Waals surface area contributed by atoms with Crippen molar-refractivity contribution in [2.45, 2.75) is 53.4 Å². The molecule has 0 N–H and O–H groups in total. The van der Waals surface area contributed by atoms with Gasteiger partial charge in [-0.25, -0.2) is 0 Å². The fraction of sp³-hybridized carbons (Fsp3) is 0.625. The van der Waals surface area contributed by atoms with Crippen LogP contribution in [0.1, 0.15) is 63.7 Å². The zero-order valence-electron chi connectivity index (χ0n) is 17.7. The Hall–Kier alpha value is -1.77. The molecular formula is C24H34O3. The molecule has 0 amide bonds. The summed E-state index contributed by atoms with van der Waals surface area (Å²) < 4.78 is 10.8. The molecule has 4 atom stereocenters. The lowest BCUT2D eigenvalue weighted by molar-refractivity contribution is -0.0613. The summed E-state index contributed by atoms with van der Waals surface area (Å²) in [5.41, 5.74) is 2.14. The lowest BCUT2D eigenvalue weighted by Gasteiger charge is -2.59. The number of carbonyl (C=O) groups excluding carboxylic acids is 1. The lowest BCUT2D eigenvalue weighted by Crippen LogP contribution is -2.54. The average molecular weight is 371 g/mol. The summed E-state index contributed by atoms with van der Waals surface area (Å²) in [6.07, 6.45) is 4.55. The van der Waals surface area contributed by atoms with Gasteiger partial charge in [0, 0.05) is 17.5 Å². The first-order valence-electron chi connectivity index (χ1n) is 10.1. The minimum absolute atomic E-state index is 0.00421. The molecule has 0 heterocycles. The maximum Gasteiger partial charge on any atom is 0.167 e. The molecule has 0 saturated heterocycles. The molecule has 0 aromatic heterocycles. The number of Topliss-reactive ketones (excluding diaryl/α,β-unsaturated/α-hetero) is 1. The van der Waals surface area contributed by atoms with Crippen molar-refractivity contribution in [2.75, 3.05) is 14.2 Å². The molecule has 1 aromatic rings. The van der Waals surface area contributed by atoms with Crippen molar-refractivity contribution in [3.63, 3.8) is 0 Å². The summed E-state index contributed by atoms with van der Waals surface area (Å²) >= 11 is 0. The molecule has 0 bridgehead atoms. The maximum absolute atomic E-state index is 13.8. The van der Waals surface area contributed by atoms with Crippen LogP contribution in [0.15, 0.2) is 30.4 Å². The van der Waals surface area contributed by atoms with Crippen molar-refractivity contribution < 1.29 is 14.3 Å². The highest BCUT2D eigenvalue weighted by molar-refractivity contribution is 5.99. The second kappa shape index (κ2) is 7.00.